The zero-order chi connectivity index (χ0) is 16.6. The number of rotatable bonds is 3. The minimum atomic E-state index is -0.483. The molecule has 5 heteroatoms. The van der Waals surface area contributed by atoms with Crippen molar-refractivity contribution in [1.82, 2.24) is 9.88 Å². The van der Waals surface area contributed by atoms with Crippen molar-refractivity contribution in [2.24, 2.45) is 5.92 Å². The maximum absolute atomic E-state index is 12.8. The van der Waals surface area contributed by atoms with Crippen LogP contribution in [0.1, 0.15) is 72.1 Å². The molecular weight excluding hydrogens is 280 g/mol. The van der Waals surface area contributed by atoms with Crippen LogP contribution in [0.4, 0.5) is 0 Å². The second kappa shape index (κ2) is 6.24. The molecule has 0 aromatic carbocycles. The van der Waals surface area contributed by atoms with Gasteiger partial charge in [-0.2, -0.15) is 0 Å². The first-order chi connectivity index (χ1) is 10.2. The summed E-state index contributed by atoms with van der Waals surface area (Å²) in [7, 11) is 0. The van der Waals surface area contributed by atoms with Crippen LogP contribution in [0.15, 0.2) is 0 Å². The average Bonchev–Trinajstić information content (AvgIpc) is 2.79. The molecule has 1 fully saturated rings. The van der Waals surface area contributed by atoms with E-state index in [1.807, 2.05) is 27.7 Å². The van der Waals surface area contributed by atoms with Crippen molar-refractivity contribution in [2.45, 2.75) is 53.1 Å². The third-order valence-corrected chi connectivity index (χ3v) is 4.58. The van der Waals surface area contributed by atoms with Crippen LogP contribution in [0, 0.1) is 12.8 Å². The van der Waals surface area contributed by atoms with Crippen molar-refractivity contribution in [3.8, 4) is 0 Å². The smallest absolute Gasteiger partial charge is 0.270 e. The Kier molecular flexibility index (Phi) is 4.75. The fraction of sp³-hybridized carbons (Fsp3) is 0.647. The number of Topliss-reactive ketones (excluding diaryl/α,β-unsaturated/α-hetero) is 1. The van der Waals surface area contributed by atoms with Gasteiger partial charge in [-0.3, -0.25) is 9.59 Å². The number of piperidine rings is 1. The first-order valence-electron chi connectivity index (χ1n) is 7.94. The minimum Gasteiger partial charge on any atom is -0.391 e. The normalized spacial score (nSPS) is 22.2. The minimum absolute atomic E-state index is 0.0243. The number of ketones is 1. The SMILES string of the molecule is CC(=O)c1c(C)[nH]c(C(=O)N2CCC(C)C(O)C2)c1C(C)C. The van der Waals surface area contributed by atoms with Gasteiger partial charge < -0.3 is 15.0 Å². The van der Waals surface area contributed by atoms with E-state index in [1.165, 1.54) is 6.92 Å². The monoisotopic (exact) mass is 306 g/mol. The van der Waals surface area contributed by atoms with Gasteiger partial charge in [0.1, 0.15) is 5.69 Å². The van der Waals surface area contributed by atoms with Gasteiger partial charge in [0.25, 0.3) is 5.91 Å². The number of nitrogens with zero attached hydrogens (tertiary/aromatic N) is 1. The molecule has 1 aromatic rings. The van der Waals surface area contributed by atoms with Gasteiger partial charge in [0.15, 0.2) is 5.78 Å². The third kappa shape index (κ3) is 2.95. The number of aliphatic hydroxyl groups is 1. The van der Waals surface area contributed by atoms with Gasteiger partial charge in [-0.15, -0.1) is 0 Å². The van der Waals surface area contributed by atoms with Crippen molar-refractivity contribution in [3.05, 3.63) is 22.5 Å². The molecule has 2 heterocycles. The van der Waals surface area contributed by atoms with Gasteiger partial charge in [-0.25, -0.2) is 0 Å². The lowest BCUT2D eigenvalue weighted by Crippen LogP contribution is -2.46. The summed E-state index contributed by atoms with van der Waals surface area (Å²) in [5.74, 6) is 0.150. The van der Waals surface area contributed by atoms with Gasteiger partial charge >= 0.3 is 0 Å². The van der Waals surface area contributed by atoms with Crippen molar-refractivity contribution in [2.75, 3.05) is 13.1 Å². The molecule has 1 aliphatic rings. The zero-order valence-corrected chi connectivity index (χ0v) is 14.1. The third-order valence-electron chi connectivity index (χ3n) is 4.58. The number of aryl methyl sites for hydroxylation is 1. The Balaban J connectivity index is 2.38. The molecule has 0 spiro atoms. The number of hydrogen-bond donors (Lipinski definition) is 2. The summed E-state index contributed by atoms with van der Waals surface area (Å²) in [6, 6.07) is 0. The van der Waals surface area contributed by atoms with E-state index in [-0.39, 0.29) is 23.5 Å². The van der Waals surface area contributed by atoms with Crippen LogP contribution in [0.3, 0.4) is 0 Å². The first kappa shape index (κ1) is 16.7. The number of hydrogen-bond acceptors (Lipinski definition) is 3. The average molecular weight is 306 g/mol. The standard InChI is InChI=1S/C17H26N2O3/c1-9(2)14-15(12(5)20)11(4)18-16(14)17(22)19-7-6-10(3)13(21)8-19/h9-10,13,18,21H,6-8H2,1-5H3. The number of carbonyl (C=O) groups excluding carboxylic acids is 2. The highest BCUT2D eigenvalue weighted by molar-refractivity contribution is 6.03. The van der Waals surface area contributed by atoms with Crippen LogP contribution in [0.2, 0.25) is 0 Å². The number of aliphatic hydroxyl groups excluding tert-OH is 1. The van der Waals surface area contributed by atoms with Crippen LogP contribution in [-0.2, 0) is 0 Å². The van der Waals surface area contributed by atoms with E-state index in [0.717, 1.165) is 17.7 Å². The molecule has 0 saturated carbocycles. The second-order valence-corrected chi connectivity index (χ2v) is 6.71. The van der Waals surface area contributed by atoms with E-state index in [2.05, 4.69) is 4.98 Å². The van der Waals surface area contributed by atoms with E-state index < -0.39 is 6.10 Å². The van der Waals surface area contributed by atoms with E-state index >= 15 is 0 Å². The second-order valence-electron chi connectivity index (χ2n) is 6.71. The van der Waals surface area contributed by atoms with E-state index in [1.54, 1.807) is 4.90 Å². The fourth-order valence-corrected chi connectivity index (χ4v) is 3.24. The molecule has 2 N–H and O–H groups in total. The number of amides is 1. The summed E-state index contributed by atoms with van der Waals surface area (Å²) in [6.45, 7) is 10.3. The lowest BCUT2D eigenvalue weighted by Gasteiger charge is -2.34. The first-order valence-corrected chi connectivity index (χ1v) is 7.94. The molecule has 1 aliphatic heterocycles. The lowest BCUT2D eigenvalue weighted by atomic mass is 9.93. The lowest BCUT2D eigenvalue weighted by molar-refractivity contribution is 0.0244. The molecule has 1 amide bonds. The van der Waals surface area contributed by atoms with Crippen molar-refractivity contribution in [3.63, 3.8) is 0 Å². The number of aromatic amines is 1. The van der Waals surface area contributed by atoms with Crippen LogP contribution in [-0.4, -0.2) is 45.9 Å². The van der Waals surface area contributed by atoms with E-state index in [4.69, 9.17) is 0 Å². The molecule has 22 heavy (non-hydrogen) atoms. The highest BCUT2D eigenvalue weighted by atomic mass is 16.3. The molecule has 2 atom stereocenters. The van der Waals surface area contributed by atoms with Crippen molar-refractivity contribution in [1.29, 1.82) is 0 Å². The molecule has 5 nitrogen and oxygen atoms in total. The maximum Gasteiger partial charge on any atom is 0.270 e. The van der Waals surface area contributed by atoms with Gasteiger partial charge in [0, 0.05) is 24.3 Å². The summed E-state index contributed by atoms with van der Waals surface area (Å²) < 4.78 is 0. The number of β-amino-alcohol motifs (C(OH)–C–C–N with tert-alkyl or cyclic N) is 1. The Morgan fingerprint density at radius 1 is 1.36 bits per heavy atom. The topological polar surface area (TPSA) is 73.4 Å². The number of carbonyl (C=O) groups is 2. The molecule has 2 unspecified atom stereocenters. The Bertz CT molecular complexity index is 589. The highest BCUT2D eigenvalue weighted by Gasteiger charge is 2.32. The summed E-state index contributed by atoms with van der Waals surface area (Å²) >= 11 is 0. The number of aromatic nitrogens is 1. The molecular formula is C17H26N2O3. The van der Waals surface area contributed by atoms with Gasteiger partial charge in [0.05, 0.1) is 6.10 Å². The van der Waals surface area contributed by atoms with Gasteiger partial charge in [0.2, 0.25) is 0 Å². The van der Waals surface area contributed by atoms with Crippen molar-refractivity contribution >= 4 is 11.7 Å². The van der Waals surface area contributed by atoms with Gasteiger partial charge in [-0.05, 0) is 37.7 Å². The maximum atomic E-state index is 12.8. The van der Waals surface area contributed by atoms with Crippen LogP contribution in [0.5, 0.6) is 0 Å². The predicted molar refractivity (Wildman–Crippen MR) is 85.3 cm³/mol. The number of nitrogens with one attached hydrogen (secondary N) is 1. The summed E-state index contributed by atoms with van der Waals surface area (Å²) in [6.07, 6.45) is 0.312. The van der Waals surface area contributed by atoms with Crippen LogP contribution < -0.4 is 0 Å². The molecule has 0 radical (unpaired) electrons. The van der Waals surface area contributed by atoms with E-state index in [0.29, 0.717) is 24.3 Å². The Morgan fingerprint density at radius 2 is 2.00 bits per heavy atom. The van der Waals surface area contributed by atoms with Crippen LogP contribution in [0.25, 0.3) is 0 Å². The summed E-state index contributed by atoms with van der Waals surface area (Å²) in [4.78, 5) is 29.5. The number of likely N-dealkylation sites (tertiary alicyclic amines) is 1. The largest absolute Gasteiger partial charge is 0.391 e. The van der Waals surface area contributed by atoms with E-state index in [9.17, 15) is 14.7 Å². The number of H-pyrrole nitrogens is 1. The Hall–Kier alpha value is -1.62. The molecule has 0 aliphatic carbocycles. The highest BCUT2D eigenvalue weighted by Crippen LogP contribution is 2.29. The molecule has 1 aromatic heterocycles. The zero-order valence-electron chi connectivity index (χ0n) is 14.1. The Labute approximate surface area is 131 Å². The molecule has 2 rings (SSSR count). The summed E-state index contributed by atoms with van der Waals surface area (Å²) in [5.41, 5.74) is 2.66. The Morgan fingerprint density at radius 3 is 2.50 bits per heavy atom. The summed E-state index contributed by atoms with van der Waals surface area (Å²) in [5, 5.41) is 10.0. The quantitative estimate of drug-likeness (QED) is 0.843. The molecule has 122 valence electrons. The van der Waals surface area contributed by atoms with Gasteiger partial charge in [-0.1, -0.05) is 20.8 Å². The fourth-order valence-electron chi connectivity index (χ4n) is 3.24. The predicted octanol–water partition coefficient (Wildman–Crippen LogP) is 2.49. The molecule has 1 saturated heterocycles. The van der Waals surface area contributed by atoms with Crippen molar-refractivity contribution < 1.29 is 14.7 Å². The van der Waals surface area contributed by atoms with Crippen LogP contribution >= 0.6 is 0 Å². The molecule has 0 bridgehead atoms.